The van der Waals surface area contributed by atoms with E-state index >= 15 is 0 Å². The zero-order valence-corrected chi connectivity index (χ0v) is 7.41. The fraction of sp³-hybridized carbons (Fsp3) is 0.400. The van der Waals surface area contributed by atoms with Crippen LogP contribution in [0.2, 0.25) is 0 Å². The Labute approximate surface area is 72.3 Å². The molecule has 0 saturated heterocycles. The van der Waals surface area contributed by atoms with Gasteiger partial charge in [0.15, 0.2) is 0 Å². The first-order chi connectivity index (χ1) is 5.77. The van der Waals surface area contributed by atoms with E-state index in [0.717, 1.165) is 6.42 Å². The van der Waals surface area contributed by atoms with Gasteiger partial charge in [-0.25, -0.2) is 0 Å². The van der Waals surface area contributed by atoms with Gasteiger partial charge in [0.05, 0.1) is 12.4 Å². The van der Waals surface area contributed by atoms with Crippen molar-refractivity contribution in [1.29, 1.82) is 0 Å². The van der Waals surface area contributed by atoms with Crippen LogP contribution >= 0.6 is 0 Å². The highest BCUT2D eigenvalue weighted by Crippen LogP contribution is 2.27. The van der Waals surface area contributed by atoms with Gasteiger partial charge in [-0.15, -0.1) is 0 Å². The summed E-state index contributed by atoms with van der Waals surface area (Å²) in [6.07, 6.45) is 6.99. The van der Waals surface area contributed by atoms with Crippen LogP contribution in [0.3, 0.4) is 0 Å². The Bertz CT molecular complexity index is 326. The molecule has 12 heavy (non-hydrogen) atoms. The summed E-state index contributed by atoms with van der Waals surface area (Å²) in [5, 5.41) is 7.72. The molecule has 0 saturated carbocycles. The average molecular weight is 160 g/mol. The first-order valence-electron chi connectivity index (χ1n) is 4.27. The molecule has 0 unspecified atom stereocenters. The minimum Gasteiger partial charge on any atom is -0.159 e. The van der Waals surface area contributed by atoms with Gasteiger partial charge in [-0.05, 0) is 23.5 Å². The van der Waals surface area contributed by atoms with Crippen LogP contribution in [0.1, 0.15) is 25.0 Å². The van der Waals surface area contributed by atoms with Crippen molar-refractivity contribution >= 4 is 6.08 Å². The number of rotatable bonds is 1. The first-order valence-corrected chi connectivity index (χ1v) is 4.27. The number of nitrogens with zero attached hydrogens (tertiary/aromatic N) is 2. The van der Waals surface area contributed by atoms with E-state index in [4.69, 9.17) is 0 Å². The summed E-state index contributed by atoms with van der Waals surface area (Å²) in [5.74, 6) is 0.636. The van der Waals surface area contributed by atoms with Gasteiger partial charge in [-0.2, -0.15) is 10.2 Å². The summed E-state index contributed by atoms with van der Waals surface area (Å²) < 4.78 is 0. The van der Waals surface area contributed by atoms with Gasteiger partial charge in [0.1, 0.15) is 0 Å². The summed E-state index contributed by atoms with van der Waals surface area (Å²) in [6.45, 7) is 4.44. The highest BCUT2D eigenvalue weighted by molar-refractivity contribution is 5.62. The van der Waals surface area contributed by atoms with Crippen molar-refractivity contribution in [3.8, 4) is 0 Å². The zero-order valence-electron chi connectivity index (χ0n) is 7.41. The maximum absolute atomic E-state index is 3.87. The second-order valence-electron chi connectivity index (χ2n) is 3.52. The number of hydrogen-bond acceptors (Lipinski definition) is 2. The van der Waals surface area contributed by atoms with Crippen molar-refractivity contribution in [1.82, 2.24) is 10.2 Å². The molecule has 1 aliphatic rings. The maximum Gasteiger partial charge on any atom is 0.0571 e. The molecule has 0 bridgehead atoms. The average Bonchev–Trinajstić information content (AvgIpc) is 2.46. The summed E-state index contributed by atoms with van der Waals surface area (Å²) in [5.41, 5.74) is 4.04. The molecule has 0 spiro atoms. The van der Waals surface area contributed by atoms with Gasteiger partial charge in [0.2, 0.25) is 0 Å². The maximum atomic E-state index is 3.87. The number of allylic oxidation sites excluding steroid dienone is 1. The van der Waals surface area contributed by atoms with Crippen LogP contribution in [-0.4, -0.2) is 10.2 Å². The van der Waals surface area contributed by atoms with Gasteiger partial charge >= 0.3 is 0 Å². The van der Waals surface area contributed by atoms with Crippen molar-refractivity contribution in [2.75, 3.05) is 0 Å². The molecule has 1 heterocycles. The molecule has 62 valence electrons. The molecule has 2 heteroatoms. The molecular weight excluding hydrogens is 148 g/mol. The molecule has 0 atom stereocenters. The molecule has 0 radical (unpaired) electrons. The molecule has 0 amide bonds. The Hall–Kier alpha value is -1.18. The third-order valence-electron chi connectivity index (χ3n) is 2.32. The Morgan fingerprint density at radius 2 is 2.00 bits per heavy atom. The van der Waals surface area contributed by atoms with E-state index in [1.54, 1.807) is 0 Å². The summed E-state index contributed by atoms with van der Waals surface area (Å²) >= 11 is 0. The van der Waals surface area contributed by atoms with E-state index in [0.29, 0.717) is 5.92 Å². The minimum atomic E-state index is 0.636. The lowest BCUT2D eigenvalue weighted by atomic mass is 10.0. The third-order valence-corrected chi connectivity index (χ3v) is 2.32. The van der Waals surface area contributed by atoms with Crippen molar-refractivity contribution in [3.63, 3.8) is 0 Å². The summed E-state index contributed by atoms with van der Waals surface area (Å²) in [6, 6.07) is 0. The van der Waals surface area contributed by atoms with Crippen molar-refractivity contribution in [3.05, 3.63) is 29.1 Å². The normalized spacial score (nSPS) is 14.8. The molecule has 1 aromatic heterocycles. The molecule has 0 fully saturated rings. The van der Waals surface area contributed by atoms with E-state index in [1.807, 2.05) is 12.4 Å². The second-order valence-corrected chi connectivity index (χ2v) is 3.52. The van der Waals surface area contributed by atoms with E-state index in [9.17, 15) is 0 Å². The number of aromatic nitrogens is 2. The van der Waals surface area contributed by atoms with Gasteiger partial charge in [0, 0.05) is 0 Å². The fourth-order valence-electron chi connectivity index (χ4n) is 1.48. The van der Waals surface area contributed by atoms with E-state index in [-0.39, 0.29) is 0 Å². The van der Waals surface area contributed by atoms with E-state index in [2.05, 4.69) is 30.1 Å². The van der Waals surface area contributed by atoms with Crippen LogP contribution in [0.4, 0.5) is 0 Å². The minimum absolute atomic E-state index is 0.636. The second kappa shape index (κ2) is 2.70. The predicted octanol–water partition coefficient (Wildman–Crippen LogP) is 2.07. The van der Waals surface area contributed by atoms with Crippen molar-refractivity contribution in [2.24, 2.45) is 5.92 Å². The smallest absolute Gasteiger partial charge is 0.0571 e. The Morgan fingerprint density at radius 3 is 2.67 bits per heavy atom. The van der Waals surface area contributed by atoms with E-state index < -0.39 is 0 Å². The lowest BCUT2D eigenvalue weighted by Gasteiger charge is -2.03. The van der Waals surface area contributed by atoms with Crippen molar-refractivity contribution < 1.29 is 0 Å². The zero-order chi connectivity index (χ0) is 8.55. The highest BCUT2D eigenvalue weighted by Gasteiger charge is 2.14. The largest absolute Gasteiger partial charge is 0.159 e. The van der Waals surface area contributed by atoms with Gasteiger partial charge in [0.25, 0.3) is 0 Å². The molecular formula is C10H12N2. The number of hydrogen-bond donors (Lipinski definition) is 0. The first kappa shape index (κ1) is 7.47. The van der Waals surface area contributed by atoms with Crippen LogP contribution in [0, 0.1) is 5.92 Å². The molecule has 0 aromatic carbocycles. The summed E-state index contributed by atoms with van der Waals surface area (Å²) in [4.78, 5) is 0. The van der Waals surface area contributed by atoms with Crippen LogP contribution in [0.15, 0.2) is 18.0 Å². The number of fused-ring (bicyclic) bond motifs is 1. The fourth-order valence-corrected chi connectivity index (χ4v) is 1.48. The van der Waals surface area contributed by atoms with Crippen molar-refractivity contribution in [2.45, 2.75) is 20.3 Å². The Kier molecular flexibility index (Phi) is 1.68. The molecule has 0 aliphatic heterocycles. The molecule has 2 nitrogen and oxygen atoms in total. The molecule has 1 aromatic rings. The molecule has 1 aliphatic carbocycles. The molecule has 2 rings (SSSR count). The Balaban J connectivity index is 2.35. The monoisotopic (exact) mass is 160 g/mol. The molecule has 0 N–H and O–H groups in total. The van der Waals surface area contributed by atoms with Crippen LogP contribution < -0.4 is 0 Å². The van der Waals surface area contributed by atoms with Crippen LogP contribution in [-0.2, 0) is 6.42 Å². The highest BCUT2D eigenvalue weighted by atomic mass is 15.1. The lowest BCUT2D eigenvalue weighted by Crippen LogP contribution is -1.93. The topological polar surface area (TPSA) is 25.8 Å². The van der Waals surface area contributed by atoms with Gasteiger partial charge < -0.3 is 0 Å². The summed E-state index contributed by atoms with van der Waals surface area (Å²) in [7, 11) is 0. The SMILES string of the molecule is CC(C)C1=Cc2cnncc2C1. The Morgan fingerprint density at radius 1 is 1.25 bits per heavy atom. The van der Waals surface area contributed by atoms with Gasteiger partial charge in [-0.3, -0.25) is 0 Å². The quantitative estimate of drug-likeness (QED) is 0.628. The van der Waals surface area contributed by atoms with Gasteiger partial charge in [-0.1, -0.05) is 25.5 Å². The third kappa shape index (κ3) is 1.13. The van der Waals surface area contributed by atoms with Crippen LogP contribution in [0.5, 0.6) is 0 Å². The van der Waals surface area contributed by atoms with E-state index in [1.165, 1.54) is 16.7 Å². The lowest BCUT2D eigenvalue weighted by molar-refractivity contribution is 0.753. The van der Waals surface area contributed by atoms with Crippen LogP contribution in [0.25, 0.3) is 6.08 Å². The standard InChI is InChI=1S/C10H12N2/c1-7(2)8-3-9-5-11-12-6-10(9)4-8/h3,5-7H,4H2,1-2H3. The predicted molar refractivity (Wildman–Crippen MR) is 48.6 cm³/mol.